The number of nitrogens with zero attached hydrogens (tertiary/aromatic N) is 3. The van der Waals surface area contributed by atoms with E-state index < -0.39 is 0 Å². The summed E-state index contributed by atoms with van der Waals surface area (Å²) in [6.45, 7) is 0. The summed E-state index contributed by atoms with van der Waals surface area (Å²) in [5.74, 6) is 0.782. The van der Waals surface area contributed by atoms with E-state index in [0.717, 1.165) is 67.1 Å². The van der Waals surface area contributed by atoms with Gasteiger partial charge >= 0.3 is 0 Å². The first-order valence-corrected chi connectivity index (χ1v) is 21.3. The van der Waals surface area contributed by atoms with E-state index in [1.807, 2.05) is 0 Å². The van der Waals surface area contributed by atoms with Crippen LogP contribution in [-0.2, 0) is 0 Å². The van der Waals surface area contributed by atoms with E-state index in [0.29, 0.717) is 0 Å². The van der Waals surface area contributed by atoms with Crippen molar-refractivity contribution >= 4 is 49.6 Å². The van der Waals surface area contributed by atoms with Gasteiger partial charge in [0.1, 0.15) is 12.3 Å². The monoisotopic (exact) mass is 795 g/mol. The molecule has 2 N–H and O–H groups in total. The van der Waals surface area contributed by atoms with E-state index in [-0.39, 0.29) is 12.3 Å². The molecule has 0 spiro atoms. The molecule has 2 unspecified atom stereocenters. The van der Waals surface area contributed by atoms with Gasteiger partial charge in [-0.2, -0.15) is 0 Å². The fourth-order valence-electron chi connectivity index (χ4n) is 9.57. The normalized spacial score (nSPS) is 15.3. The molecule has 3 heterocycles. The van der Waals surface area contributed by atoms with Crippen LogP contribution < -0.4 is 10.6 Å². The Morgan fingerprint density at radius 1 is 0.355 bits per heavy atom. The van der Waals surface area contributed by atoms with Crippen LogP contribution in [-0.4, -0.2) is 15.1 Å². The van der Waals surface area contributed by atoms with Gasteiger partial charge in [-0.15, -0.1) is 0 Å². The molecule has 0 aliphatic carbocycles. The van der Waals surface area contributed by atoms with Crippen molar-refractivity contribution in [3.63, 3.8) is 0 Å². The maximum Gasteiger partial charge on any atom is 0.206 e. The second-order valence-electron chi connectivity index (χ2n) is 16.0. The summed E-state index contributed by atoms with van der Waals surface area (Å²) >= 11 is 0. The molecule has 1 aliphatic heterocycles. The molecular formula is C57H41N5. The molecule has 12 rings (SSSR count). The molecule has 0 fully saturated rings. The van der Waals surface area contributed by atoms with Gasteiger partial charge in [0.2, 0.25) is 5.96 Å². The van der Waals surface area contributed by atoms with Crippen molar-refractivity contribution in [3.05, 3.63) is 236 Å². The first-order chi connectivity index (χ1) is 30.8. The summed E-state index contributed by atoms with van der Waals surface area (Å²) in [5, 5.41) is 12.5. The molecule has 5 heteroatoms. The molecule has 5 nitrogen and oxygen atoms in total. The molecule has 2 aromatic heterocycles. The van der Waals surface area contributed by atoms with Gasteiger partial charge in [0.15, 0.2) is 0 Å². The molecule has 62 heavy (non-hydrogen) atoms. The quantitative estimate of drug-likeness (QED) is 0.176. The number of benzene rings is 9. The Hall–Kier alpha value is -7.99. The summed E-state index contributed by atoms with van der Waals surface area (Å²) in [4.78, 5) is 5.58. The Labute approximate surface area is 359 Å². The van der Waals surface area contributed by atoms with Gasteiger partial charge in [-0.25, -0.2) is 4.99 Å². The Balaban J connectivity index is 1.16. The highest BCUT2D eigenvalue weighted by Crippen LogP contribution is 2.45. The van der Waals surface area contributed by atoms with Crippen molar-refractivity contribution in [2.24, 2.45) is 4.99 Å². The van der Waals surface area contributed by atoms with Crippen LogP contribution in [0.4, 0.5) is 0 Å². The number of para-hydroxylation sites is 3. The summed E-state index contributed by atoms with van der Waals surface area (Å²) in [6, 6.07) is 80.6. The van der Waals surface area contributed by atoms with Crippen molar-refractivity contribution in [3.8, 4) is 39.1 Å². The number of aromatic nitrogens is 2. The van der Waals surface area contributed by atoms with Gasteiger partial charge in [-0.05, 0) is 45.5 Å². The van der Waals surface area contributed by atoms with Crippen LogP contribution in [0.15, 0.2) is 229 Å². The number of hydrogen-bond acceptors (Lipinski definition) is 3. The number of rotatable bonds is 6. The Kier molecular flexibility index (Phi) is 8.65. The lowest BCUT2D eigenvalue weighted by molar-refractivity contribution is 0.403. The standard InChI is InChI=1S/C57H41N5/c1-5-18-38(19-6-1)39-32-34-43(35-33-39)56-58-55(42-24-11-4-12-25-42)59-57(60-56)62-51-31-16-14-27-47(51)49-37-36-48-46-26-13-15-30-50(46)61(53(48)54(49)62)52-44(40-20-7-2-8-21-40)28-17-29-45(52)41-22-9-3-10-23-41/h1-37,55-56,58H,(H,59,60). The summed E-state index contributed by atoms with van der Waals surface area (Å²) in [6.07, 6.45) is -0.543. The first-order valence-electron chi connectivity index (χ1n) is 21.3. The molecule has 9 aromatic carbocycles. The third-order valence-electron chi connectivity index (χ3n) is 12.4. The van der Waals surface area contributed by atoms with Crippen LogP contribution in [0.25, 0.3) is 82.7 Å². The van der Waals surface area contributed by atoms with Crippen LogP contribution in [0.3, 0.4) is 0 Å². The Morgan fingerprint density at radius 3 is 1.40 bits per heavy atom. The highest BCUT2D eigenvalue weighted by atomic mass is 15.4. The number of aliphatic imine (C=N–C) groups is 1. The third-order valence-corrected chi connectivity index (χ3v) is 12.4. The lowest BCUT2D eigenvalue weighted by atomic mass is 9.95. The average Bonchev–Trinajstić information content (AvgIpc) is 3.88. The molecule has 0 bridgehead atoms. The topological polar surface area (TPSA) is 46.3 Å². The second kappa shape index (κ2) is 14.9. The van der Waals surface area contributed by atoms with Gasteiger partial charge < -0.3 is 9.88 Å². The van der Waals surface area contributed by atoms with Crippen LogP contribution in [0.2, 0.25) is 0 Å². The summed E-state index contributed by atoms with van der Waals surface area (Å²) in [5.41, 5.74) is 14.8. The molecule has 0 saturated carbocycles. The molecule has 1 aliphatic rings. The lowest BCUT2D eigenvalue weighted by Gasteiger charge is -2.32. The van der Waals surface area contributed by atoms with Gasteiger partial charge in [0.25, 0.3) is 0 Å². The van der Waals surface area contributed by atoms with E-state index in [4.69, 9.17) is 4.99 Å². The minimum atomic E-state index is -0.309. The van der Waals surface area contributed by atoms with Crippen LogP contribution in [0.5, 0.6) is 0 Å². The second-order valence-corrected chi connectivity index (χ2v) is 16.0. The van der Waals surface area contributed by atoms with Gasteiger partial charge in [-0.1, -0.05) is 212 Å². The van der Waals surface area contributed by atoms with Crippen molar-refractivity contribution in [1.29, 1.82) is 0 Å². The number of fused-ring (bicyclic) bond motifs is 7. The molecule has 294 valence electrons. The van der Waals surface area contributed by atoms with Crippen molar-refractivity contribution in [2.75, 3.05) is 0 Å². The summed E-state index contributed by atoms with van der Waals surface area (Å²) < 4.78 is 4.92. The zero-order chi connectivity index (χ0) is 41.0. The van der Waals surface area contributed by atoms with Gasteiger partial charge in [-0.3, -0.25) is 9.88 Å². The zero-order valence-corrected chi connectivity index (χ0v) is 33.9. The number of hydrogen-bond donors (Lipinski definition) is 2. The van der Waals surface area contributed by atoms with E-state index in [1.54, 1.807) is 0 Å². The van der Waals surface area contributed by atoms with Gasteiger partial charge in [0.05, 0.1) is 27.8 Å². The first kappa shape index (κ1) is 35.9. The van der Waals surface area contributed by atoms with Crippen molar-refractivity contribution in [2.45, 2.75) is 12.3 Å². The van der Waals surface area contributed by atoms with E-state index in [9.17, 15) is 0 Å². The zero-order valence-electron chi connectivity index (χ0n) is 33.9. The van der Waals surface area contributed by atoms with Crippen molar-refractivity contribution in [1.82, 2.24) is 19.8 Å². The van der Waals surface area contributed by atoms with E-state index in [1.165, 1.54) is 32.7 Å². The summed E-state index contributed by atoms with van der Waals surface area (Å²) in [7, 11) is 0. The minimum absolute atomic E-state index is 0.234. The molecule has 0 amide bonds. The largest absolute Gasteiger partial charge is 0.336 e. The fraction of sp³-hybridized carbons (Fsp3) is 0.0351. The van der Waals surface area contributed by atoms with Crippen molar-refractivity contribution < 1.29 is 0 Å². The maximum absolute atomic E-state index is 5.58. The molecule has 0 saturated heterocycles. The van der Waals surface area contributed by atoms with E-state index in [2.05, 4.69) is 244 Å². The Morgan fingerprint density at radius 2 is 0.823 bits per heavy atom. The highest BCUT2D eigenvalue weighted by molar-refractivity contribution is 6.26. The predicted molar refractivity (Wildman–Crippen MR) is 258 cm³/mol. The average molecular weight is 796 g/mol. The van der Waals surface area contributed by atoms with E-state index >= 15 is 0 Å². The SMILES string of the molecule is c1ccc(-c2ccc(C3NC(n4c5ccccc5c5ccc6c7ccccc7n(-c7c(-c8ccccc8)cccc7-c7ccccc7)c6c54)=NC(c4ccccc4)N3)cc2)cc1. The number of nitrogens with one attached hydrogen (secondary N) is 2. The predicted octanol–water partition coefficient (Wildman–Crippen LogP) is 13.7. The highest BCUT2D eigenvalue weighted by Gasteiger charge is 2.30. The molecule has 2 atom stereocenters. The third kappa shape index (κ3) is 5.93. The van der Waals surface area contributed by atoms with Crippen LogP contribution in [0.1, 0.15) is 23.5 Å². The minimum Gasteiger partial charge on any atom is -0.336 e. The maximum atomic E-state index is 5.58. The van der Waals surface area contributed by atoms with Crippen LogP contribution >= 0.6 is 0 Å². The van der Waals surface area contributed by atoms with Crippen LogP contribution in [0, 0.1) is 0 Å². The van der Waals surface area contributed by atoms with Gasteiger partial charge in [0, 0.05) is 32.7 Å². The smallest absolute Gasteiger partial charge is 0.206 e. The fourth-order valence-corrected chi connectivity index (χ4v) is 9.57. The Bertz CT molecular complexity index is 3380. The molecule has 11 aromatic rings. The molecule has 0 radical (unpaired) electrons. The lowest BCUT2D eigenvalue weighted by Crippen LogP contribution is -2.47. The molecular weight excluding hydrogens is 755 g/mol.